The second-order valence-corrected chi connectivity index (χ2v) is 6.51. The van der Waals surface area contributed by atoms with Crippen LogP contribution in [0.25, 0.3) is 0 Å². The third kappa shape index (κ3) is 8.61. The van der Waals surface area contributed by atoms with Crippen molar-refractivity contribution in [1.29, 1.82) is 0 Å². The van der Waals surface area contributed by atoms with Gasteiger partial charge in [-0.2, -0.15) is 0 Å². The molecule has 1 saturated heterocycles. The van der Waals surface area contributed by atoms with Gasteiger partial charge in [0.1, 0.15) is 5.82 Å². The maximum Gasteiger partial charge on any atom is 0.191 e. The highest BCUT2D eigenvalue weighted by atomic mass is 127. The number of hydrogen-bond donors (Lipinski definition) is 2. The van der Waals surface area contributed by atoms with Crippen LogP contribution in [0.4, 0.5) is 10.1 Å². The van der Waals surface area contributed by atoms with Gasteiger partial charge in [0.05, 0.1) is 24.9 Å². The van der Waals surface area contributed by atoms with Gasteiger partial charge in [-0.3, -0.25) is 0 Å². The van der Waals surface area contributed by atoms with Gasteiger partial charge in [0.2, 0.25) is 0 Å². The van der Waals surface area contributed by atoms with Crippen LogP contribution in [-0.4, -0.2) is 59.1 Å². The lowest BCUT2D eigenvalue weighted by Crippen LogP contribution is -2.38. The molecule has 1 fully saturated rings. The van der Waals surface area contributed by atoms with Crippen molar-refractivity contribution in [3.05, 3.63) is 29.6 Å². The lowest BCUT2D eigenvalue weighted by atomic mass is 10.2. The molecule has 154 valence electrons. The van der Waals surface area contributed by atoms with Crippen molar-refractivity contribution in [3.8, 4) is 0 Å². The van der Waals surface area contributed by atoms with Crippen LogP contribution < -0.4 is 15.5 Å². The molecule has 2 rings (SSSR count). The van der Waals surface area contributed by atoms with E-state index in [0.29, 0.717) is 25.4 Å². The van der Waals surface area contributed by atoms with Crippen LogP contribution in [0.15, 0.2) is 23.2 Å². The summed E-state index contributed by atoms with van der Waals surface area (Å²) in [7, 11) is 3.65. The Morgan fingerprint density at radius 1 is 1.37 bits per heavy atom. The second-order valence-electron chi connectivity index (χ2n) is 6.51. The minimum Gasteiger partial charge on any atom is -0.379 e. The van der Waals surface area contributed by atoms with Crippen molar-refractivity contribution in [2.24, 2.45) is 4.99 Å². The fourth-order valence-electron chi connectivity index (χ4n) is 2.70. The Hall–Kier alpha value is -1.13. The summed E-state index contributed by atoms with van der Waals surface area (Å²) in [5.41, 5.74) is 1.42. The molecule has 1 atom stereocenters. The van der Waals surface area contributed by atoms with Gasteiger partial charge in [-0.05, 0) is 37.5 Å². The molecule has 2 N–H and O–H groups in total. The van der Waals surface area contributed by atoms with E-state index in [-0.39, 0.29) is 35.9 Å². The summed E-state index contributed by atoms with van der Waals surface area (Å²) in [6.07, 6.45) is 2.13. The topological polar surface area (TPSA) is 58.1 Å². The van der Waals surface area contributed by atoms with Crippen molar-refractivity contribution in [2.75, 3.05) is 51.9 Å². The average Bonchev–Trinajstić information content (AvgIpc) is 3.12. The first-order valence-electron chi connectivity index (χ1n) is 9.27. The molecule has 1 aromatic carbocycles. The third-order valence-electron chi connectivity index (χ3n) is 4.11. The van der Waals surface area contributed by atoms with Crippen LogP contribution in [0.5, 0.6) is 0 Å². The molecular formula is C19H32FIN4O2. The van der Waals surface area contributed by atoms with Gasteiger partial charge in [0.25, 0.3) is 0 Å². The number of guanidine groups is 1. The Labute approximate surface area is 178 Å². The number of nitrogens with zero attached hydrogens (tertiary/aromatic N) is 2. The standard InChI is InChI=1S/C19H31FN4O2.HI/c1-4-21-19(22-9-5-10-26-16-8-11-25-14-16)23-13-15-6-7-18(24(2)3)17(20)12-15;/h6-7,12,16H,4-5,8-11,13-14H2,1-3H3,(H2,21,22,23);1H. The maximum absolute atomic E-state index is 14.0. The monoisotopic (exact) mass is 494 g/mol. The van der Waals surface area contributed by atoms with Crippen LogP contribution in [0.2, 0.25) is 0 Å². The van der Waals surface area contributed by atoms with Gasteiger partial charge < -0.3 is 25.0 Å². The fourth-order valence-corrected chi connectivity index (χ4v) is 2.70. The van der Waals surface area contributed by atoms with Crippen LogP contribution in [0.3, 0.4) is 0 Å². The number of anilines is 1. The molecule has 0 radical (unpaired) electrons. The number of halogens is 2. The normalized spacial score (nSPS) is 16.7. The Bertz CT molecular complexity index is 581. The van der Waals surface area contributed by atoms with E-state index in [1.54, 1.807) is 17.0 Å². The average molecular weight is 494 g/mol. The number of hydrogen-bond acceptors (Lipinski definition) is 4. The minimum atomic E-state index is -0.228. The van der Waals surface area contributed by atoms with Crippen LogP contribution >= 0.6 is 24.0 Å². The Balaban J connectivity index is 0.00000364. The molecule has 0 amide bonds. The zero-order valence-electron chi connectivity index (χ0n) is 16.5. The van der Waals surface area contributed by atoms with E-state index in [0.717, 1.165) is 44.1 Å². The minimum absolute atomic E-state index is 0. The van der Waals surface area contributed by atoms with Crippen LogP contribution in [0.1, 0.15) is 25.3 Å². The molecule has 8 heteroatoms. The summed E-state index contributed by atoms with van der Waals surface area (Å²) in [5, 5.41) is 6.49. The quantitative estimate of drug-likeness (QED) is 0.239. The summed E-state index contributed by atoms with van der Waals surface area (Å²) >= 11 is 0. The number of rotatable bonds is 9. The highest BCUT2D eigenvalue weighted by Crippen LogP contribution is 2.18. The second kappa shape index (κ2) is 13.1. The Morgan fingerprint density at radius 3 is 2.81 bits per heavy atom. The predicted octanol–water partition coefficient (Wildman–Crippen LogP) is 2.76. The third-order valence-corrected chi connectivity index (χ3v) is 4.11. The van der Waals surface area contributed by atoms with Gasteiger partial charge >= 0.3 is 0 Å². The van der Waals surface area contributed by atoms with E-state index in [9.17, 15) is 4.39 Å². The van der Waals surface area contributed by atoms with Gasteiger partial charge in [-0.1, -0.05) is 6.07 Å². The molecule has 1 aliphatic rings. The van der Waals surface area contributed by atoms with Crippen molar-refractivity contribution >= 4 is 35.6 Å². The first kappa shape index (κ1) is 23.9. The lowest BCUT2D eigenvalue weighted by molar-refractivity contribution is 0.0420. The van der Waals surface area contributed by atoms with Gasteiger partial charge in [0, 0.05) is 40.4 Å². The smallest absolute Gasteiger partial charge is 0.191 e. The summed E-state index contributed by atoms with van der Waals surface area (Å²) in [5.74, 6) is 0.502. The Morgan fingerprint density at radius 2 is 2.19 bits per heavy atom. The molecule has 1 heterocycles. The van der Waals surface area contributed by atoms with Crippen molar-refractivity contribution in [3.63, 3.8) is 0 Å². The van der Waals surface area contributed by atoms with E-state index in [2.05, 4.69) is 15.6 Å². The number of nitrogens with one attached hydrogen (secondary N) is 2. The summed E-state index contributed by atoms with van der Waals surface area (Å²) in [6.45, 7) is 6.21. The Kier molecular flexibility index (Phi) is 11.6. The molecule has 6 nitrogen and oxygen atoms in total. The number of benzene rings is 1. The van der Waals surface area contributed by atoms with E-state index in [4.69, 9.17) is 9.47 Å². The molecule has 1 unspecified atom stereocenters. The van der Waals surface area contributed by atoms with Gasteiger partial charge in [-0.15, -0.1) is 24.0 Å². The first-order valence-corrected chi connectivity index (χ1v) is 9.27. The van der Waals surface area contributed by atoms with Crippen LogP contribution in [0, 0.1) is 5.82 Å². The highest BCUT2D eigenvalue weighted by molar-refractivity contribution is 14.0. The molecule has 0 aromatic heterocycles. The molecule has 1 aliphatic heterocycles. The zero-order valence-corrected chi connectivity index (χ0v) is 18.8. The molecule has 0 bridgehead atoms. The van der Waals surface area contributed by atoms with Gasteiger partial charge in [-0.25, -0.2) is 9.38 Å². The molecule has 1 aromatic rings. The lowest BCUT2D eigenvalue weighted by Gasteiger charge is -2.14. The molecule has 0 saturated carbocycles. The molecule has 0 spiro atoms. The predicted molar refractivity (Wildman–Crippen MR) is 119 cm³/mol. The fraction of sp³-hybridized carbons (Fsp3) is 0.632. The first-order chi connectivity index (χ1) is 12.6. The number of ether oxygens (including phenoxy) is 2. The number of aliphatic imine (C=N–C) groups is 1. The van der Waals surface area contributed by atoms with Crippen molar-refractivity contribution < 1.29 is 13.9 Å². The largest absolute Gasteiger partial charge is 0.379 e. The SMILES string of the molecule is CCNC(=NCc1ccc(N(C)C)c(F)c1)NCCCOC1CCOC1.I. The van der Waals surface area contributed by atoms with Crippen molar-refractivity contribution in [1.82, 2.24) is 10.6 Å². The zero-order chi connectivity index (χ0) is 18.8. The van der Waals surface area contributed by atoms with Gasteiger partial charge in [0.15, 0.2) is 5.96 Å². The summed E-state index contributed by atoms with van der Waals surface area (Å²) < 4.78 is 25.1. The summed E-state index contributed by atoms with van der Waals surface area (Å²) in [6, 6.07) is 5.23. The summed E-state index contributed by atoms with van der Waals surface area (Å²) in [4.78, 5) is 6.29. The molecular weight excluding hydrogens is 462 g/mol. The molecule has 0 aliphatic carbocycles. The van der Waals surface area contributed by atoms with E-state index < -0.39 is 0 Å². The van der Waals surface area contributed by atoms with E-state index >= 15 is 0 Å². The van der Waals surface area contributed by atoms with E-state index in [1.165, 1.54) is 0 Å². The van der Waals surface area contributed by atoms with Crippen LogP contribution in [-0.2, 0) is 16.0 Å². The molecule has 27 heavy (non-hydrogen) atoms. The highest BCUT2D eigenvalue weighted by Gasteiger charge is 2.15. The van der Waals surface area contributed by atoms with Crippen molar-refractivity contribution in [2.45, 2.75) is 32.4 Å². The maximum atomic E-state index is 14.0. The van der Waals surface area contributed by atoms with E-state index in [1.807, 2.05) is 27.1 Å².